The normalized spacial score (nSPS) is 9.95. The van der Waals surface area contributed by atoms with Gasteiger partial charge in [-0.1, -0.05) is 12.2 Å². The molecule has 0 unspecified atom stereocenters. The van der Waals surface area contributed by atoms with Crippen molar-refractivity contribution in [2.45, 2.75) is 13.3 Å². The Morgan fingerprint density at radius 2 is 1.79 bits per heavy atom. The Hall–Kier alpha value is -2.30. The SMILES string of the molecule is C=C(C)CN(CCC(=O)O)c1ccc(C(=O)O)cc1. The summed E-state index contributed by atoms with van der Waals surface area (Å²) < 4.78 is 0. The zero-order chi connectivity index (χ0) is 14.4. The predicted molar refractivity (Wildman–Crippen MR) is 72.7 cm³/mol. The Balaban J connectivity index is 2.86. The molecule has 0 saturated heterocycles. The summed E-state index contributed by atoms with van der Waals surface area (Å²) in [6, 6.07) is 6.36. The number of carbonyl (C=O) groups is 2. The van der Waals surface area contributed by atoms with Crippen LogP contribution in [0.4, 0.5) is 5.69 Å². The molecular formula is C14H17NO4. The molecule has 0 atom stereocenters. The molecule has 0 aliphatic rings. The van der Waals surface area contributed by atoms with Gasteiger partial charge in [-0.2, -0.15) is 0 Å². The van der Waals surface area contributed by atoms with E-state index in [0.29, 0.717) is 13.1 Å². The van der Waals surface area contributed by atoms with Crippen LogP contribution in [-0.4, -0.2) is 35.2 Å². The van der Waals surface area contributed by atoms with Crippen molar-refractivity contribution in [1.82, 2.24) is 0 Å². The van der Waals surface area contributed by atoms with Crippen molar-refractivity contribution in [3.8, 4) is 0 Å². The number of carboxylic acid groups (broad SMARTS) is 2. The molecular weight excluding hydrogens is 246 g/mol. The van der Waals surface area contributed by atoms with Crippen LogP contribution in [0.5, 0.6) is 0 Å². The van der Waals surface area contributed by atoms with E-state index in [0.717, 1.165) is 11.3 Å². The lowest BCUT2D eigenvalue weighted by atomic mass is 10.1. The number of benzene rings is 1. The summed E-state index contributed by atoms with van der Waals surface area (Å²) in [5.41, 5.74) is 1.90. The van der Waals surface area contributed by atoms with Gasteiger partial charge in [0.25, 0.3) is 0 Å². The van der Waals surface area contributed by atoms with Crippen LogP contribution in [0.2, 0.25) is 0 Å². The number of nitrogens with zero attached hydrogens (tertiary/aromatic N) is 1. The molecule has 5 nitrogen and oxygen atoms in total. The van der Waals surface area contributed by atoms with Crippen LogP contribution < -0.4 is 4.90 Å². The number of aliphatic carboxylic acids is 1. The van der Waals surface area contributed by atoms with Crippen molar-refractivity contribution in [3.63, 3.8) is 0 Å². The Kier molecular flexibility index (Phi) is 5.11. The average molecular weight is 263 g/mol. The van der Waals surface area contributed by atoms with Gasteiger partial charge in [-0.3, -0.25) is 4.79 Å². The summed E-state index contributed by atoms with van der Waals surface area (Å²) in [5, 5.41) is 17.6. The molecule has 0 saturated carbocycles. The van der Waals surface area contributed by atoms with Crippen molar-refractivity contribution in [2.24, 2.45) is 0 Å². The van der Waals surface area contributed by atoms with Gasteiger partial charge in [0, 0.05) is 18.8 Å². The summed E-state index contributed by atoms with van der Waals surface area (Å²) in [6.07, 6.45) is 0.0218. The number of hydrogen-bond donors (Lipinski definition) is 2. The highest BCUT2D eigenvalue weighted by molar-refractivity contribution is 5.88. The van der Waals surface area contributed by atoms with Gasteiger partial charge in [-0.05, 0) is 31.2 Å². The van der Waals surface area contributed by atoms with Gasteiger partial charge >= 0.3 is 11.9 Å². The summed E-state index contributed by atoms with van der Waals surface area (Å²) in [7, 11) is 0. The van der Waals surface area contributed by atoms with E-state index in [4.69, 9.17) is 10.2 Å². The summed E-state index contributed by atoms with van der Waals surface area (Å²) in [5.74, 6) is -1.85. The third-order valence-electron chi connectivity index (χ3n) is 2.54. The maximum absolute atomic E-state index is 10.8. The minimum Gasteiger partial charge on any atom is -0.481 e. The minimum absolute atomic E-state index is 0.0218. The topological polar surface area (TPSA) is 77.8 Å². The second-order valence-electron chi connectivity index (χ2n) is 4.37. The molecule has 0 heterocycles. The van der Waals surface area contributed by atoms with Crippen LogP contribution in [0.25, 0.3) is 0 Å². The largest absolute Gasteiger partial charge is 0.481 e. The van der Waals surface area contributed by atoms with Crippen LogP contribution in [0.15, 0.2) is 36.4 Å². The zero-order valence-corrected chi connectivity index (χ0v) is 10.8. The monoisotopic (exact) mass is 263 g/mol. The maximum atomic E-state index is 10.8. The van der Waals surface area contributed by atoms with Crippen molar-refractivity contribution in [1.29, 1.82) is 0 Å². The Bertz CT molecular complexity index is 479. The average Bonchev–Trinajstić information content (AvgIpc) is 2.34. The lowest BCUT2D eigenvalue weighted by Crippen LogP contribution is -2.27. The number of rotatable bonds is 7. The first-order valence-electron chi connectivity index (χ1n) is 5.84. The fourth-order valence-corrected chi connectivity index (χ4v) is 1.67. The third kappa shape index (κ3) is 4.83. The van der Waals surface area contributed by atoms with Crippen LogP contribution in [0.1, 0.15) is 23.7 Å². The molecule has 0 bridgehead atoms. The van der Waals surface area contributed by atoms with Crippen LogP contribution in [0.3, 0.4) is 0 Å². The summed E-state index contributed by atoms with van der Waals surface area (Å²) >= 11 is 0. The van der Waals surface area contributed by atoms with E-state index < -0.39 is 11.9 Å². The number of carboxylic acids is 2. The predicted octanol–water partition coefficient (Wildman–Crippen LogP) is 2.24. The second-order valence-corrected chi connectivity index (χ2v) is 4.37. The van der Waals surface area contributed by atoms with Crippen molar-refractivity contribution in [3.05, 3.63) is 42.0 Å². The quantitative estimate of drug-likeness (QED) is 0.738. The molecule has 1 rings (SSSR count). The van der Waals surface area contributed by atoms with Crippen LogP contribution in [0, 0.1) is 0 Å². The van der Waals surface area contributed by atoms with Crippen molar-refractivity contribution >= 4 is 17.6 Å². The Morgan fingerprint density at radius 3 is 2.21 bits per heavy atom. The highest BCUT2D eigenvalue weighted by Gasteiger charge is 2.10. The number of aromatic carboxylic acids is 1. The van der Waals surface area contributed by atoms with Gasteiger partial charge in [0.15, 0.2) is 0 Å². The molecule has 102 valence electrons. The summed E-state index contributed by atoms with van der Waals surface area (Å²) in [6.45, 7) is 6.57. The smallest absolute Gasteiger partial charge is 0.335 e. The van der Waals surface area contributed by atoms with Gasteiger partial charge in [0.05, 0.1) is 12.0 Å². The van der Waals surface area contributed by atoms with E-state index in [2.05, 4.69) is 6.58 Å². The lowest BCUT2D eigenvalue weighted by molar-refractivity contribution is -0.136. The van der Waals surface area contributed by atoms with Gasteiger partial charge in [0.2, 0.25) is 0 Å². The van der Waals surface area contributed by atoms with E-state index in [1.165, 1.54) is 12.1 Å². The van der Waals surface area contributed by atoms with E-state index in [1.54, 1.807) is 12.1 Å². The highest BCUT2D eigenvalue weighted by atomic mass is 16.4. The highest BCUT2D eigenvalue weighted by Crippen LogP contribution is 2.17. The molecule has 0 fully saturated rings. The van der Waals surface area contributed by atoms with Gasteiger partial charge in [-0.15, -0.1) is 0 Å². The molecule has 2 N–H and O–H groups in total. The standard InChI is InChI=1S/C14H17NO4/c1-10(2)9-15(8-7-13(16)17)12-5-3-11(4-6-12)14(18)19/h3-6H,1,7-9H2,2H3,(H,16,17)(H,18,19). The number of anilines is 1. The fraction of sp³-hybridized carbons (Fsp3) is 0.286. The molecule has 5 heteroatoms. The first-order chi connectivity index (χ1) is 8.90. The van der Waals surface area contributed by atoms with Gasteiger partial charge in [0.1, 0.15) is 0 Å². The van der Waals surface area contributed by atoms with Crippen LogP contribution in [-0.2, 0) is 4.79 Å². The maximum Gasteiger partial charge on any atom is 0.335 e. The summed E-state index contributed by atoms with van der Waals surface area (Å²) in [4.78, 5) is 23.3. The second kappa shape index (κ2) is 6.58. The van der Waals surface area contributed by atoms with E-state index >= 15 is 0 Å². The third-order valence-corrected chi connectivity index (χ3v) is 2.54. The molecule has 1 aromatic carbocycles. The molecule has 0 aliphatic heterocycles. The fourth-order valence-electron chi connectivity index (χ4n) is 1.67. The minimum atomic E-state index is -0.983. The van der Waals surface area contributed by atoms with Crippen molar-refractivity contribution < 1.29 is 19.8 Å². The molecule has 0 amide bonds. The van der Waals surface area contributed by atoms with Crippen LogP contribution >= 0.6 is 0 Å². The van der Waals surface area contributed by atoms with Gasteiger partial charge in [-0.25, -0.2) is 4.79 Å². The van der Waals surface area contributed by atoms with Crippen molar-refractivity contribution in [2.75, 3.05) is 18.0 Å². The molecule has 0 aliphatic carbocycles. The molecule has 0 aromatic heterocycles. The Morgan fingerprint density at radius 1 is 1.21 bits per heavy atom. The molecule has 1 aromatic rings. The number of hydrogen-bond acceptors (Lipinski definition) is 3. The zero-order valence-electron chi connectivity index (χ0n) is 10.8. The van der Waals surface area contributed by atoms with E-state index in [9.17, 15) is 9.59 Å². The molecule has 0 radical (unpaired) electrons. The van der Waals surface area contributed by atoms with E-state index in [-0.39, 0.29) is 12.0 Å². The molecule has 0 spiro atoms. The Labute approximate surface area is 111 Å². The molecule has 19 heavy (non-hydrogen) atoms. The first-order valence-corrected chi connectivity index (χ1v) is 5.84. The first kappa shape index (κ1) is 14.8. The lowest BCUT2D eigenvalue weighted by Gasteiger charge is -2.24. The van der Waals surface area contributed by atoms with E-state index in [1.807, 2.05) is 11.8 Å². The van der Waals surface area contributed by atoms with Gasteiger partial charge < -0.3 is 15.1 Å².